The molecule has 0 aromatic heterocycles. The van der Waals surface area contributed by atoms with Gasteiger partial charge in [-0.1, -0.05) is 19.8 Å². The van der Waals surface area contributed by atoms with Crippen LogP contribution in [0.15, 0.2) is 0 Å². The van der Waals surface area contributed by atoms with Gasteiger partial charge >= 0.3 is 0 Å². The SMILES string of the molecule is CC(C)C#CS(=O)O. The van der Waals surface area contributed by atoms with Gasteiger partial charge in [0.2, 0.25) is 11.1 Å². The molecule has 2 nitrogen and oxygen atoms in total. The largest absolute Gasteiger partial charge is 0.296 e. The van der Waals surface area contributed by atoms with Gasteiger partial charge in [-0.05, 0) is 0 Å². The molecular weight excluding hydrogens is 124 g/mol. The van der Waals surface area contributed by atoms with Crippen LogP contribution in [0, 0.1) is 17.1 Å². The minimum Gasteiger partial charge on any atom is -0.296 e. The Morgan fingerprint density at radius 1 is 1.62 bits per heavy atom. The Morgan fingerprint density at radius 2 is 2.12 bits per heavy atom. The van der Waals surface area contributed by atoms with Gasteiger partial charge in [-0.15, -0.1) is 0 Å². The van der Waals surface area contributed by atoms with Gasteiger partial charge in [0.25, 0.3) is 0 Å². The molecule has 0 radical (unpaired) electrons. The fourth-order valence-corrected chi connectivity index (χ4v) is 0.505. The van der Waals surface area contributed by atoms with Gasteiger partial charge in [0, 0.05) is 11.2 Å². The minimum absolute atomic E-state index is 0.172. The van der Waals surface area contributed by atoms with E-state index in [-0.39, 0.29) is 5.92 Å². The molecule has 0 aromatic carbocycles. The maximum atomic E-state index is 9.84. The third-order valence-corrected chi connectivity index (χ3v) is 0.727. The second-order valence-electron chi connectivity index (χ2n) is 1.65. The zero-order valence-electron chi connectivity index (χ0n) is 4.84. The maximum absolute atomic E-state index is 9.84. The van der Waals surface area contributed by atoms with E-state index < -0.39 is 11.1 Å². The molecule has 8 heavy (non-hydrogen) atoms. The Bertz CT molecular complexity index is 140. The monoisotopic (exact) mass is 132 g/mol. The predicted octanol–water partition coefficient (Wildman–Crippen LogP) is 0.825. The smallest absolute Gasteiger partial charge is 0.233 e. The molecule has 0 aliphatic heterocycles. The van der Waals surface area contributed by atoms with E-state index in [1.54, 1.807) is 0 Å². The number of hydrogen-bond donors (Lipinski definition) is 1. The first-order valence-corrected chi connectivity index (χ1v) is 3.35. The molecule has 46 valence electrons. The van der Waals surface area contributed by atoms with Crippen LogP contribution < -0.4 is 0 Å². The summed E-state index contributed by atoms with van der Waals surface area (Å²) in [5.41, 5.74) is 0. The third-order valence-electron chi connectivity index (χ3n) is 0.435. The highest BCUT2D eigenvalue weighted by molar-refractivity contribution is 7.84. The lowest BCUT2D eigenvalue weighted by Crippen LogP contribution is -1.81. The molecule has 0 amide bonds. The highest BCUT2D eigenvalue weighted by Crippen LogP contribution is 1.85. The Morgan fingerprint density at radius 3 is 2.25 bits per heavy atom. The molecule has 0 aliphatic carbocycles. The van der Waals surface area contributed by atoms with Crippen LogP contribution >= 0.6 is 0 Å². The maximum Gasteiger partial charge on any atom is 0.233 e. The van der Waals surface area contributed by atoms with Crippen LogP contribution in [-0.4, -0.2) is 8.76 Å². The summed E-state index contributed by atoms with van der Waals surface area (Å²) in [4.78, 5) is 0. The molecule has 0 fully saturated rings. The second-order valence-corrected chi connectivity index (χ2v) is 2.35. The van der Waals surface area contributed by atoms with E-state index in [0.717, 1.165) is 0 Å². The Hall–Kier alpha value is -0.330. The lowest BCUT2D eigenvalue weighted by molar-refractivity contribution is 0.576. The van der Waals surface area contributed by atoms with Crippen LogP contribution in [0.2, 0.25) is 0 Å². The molecule has 0 bridgehead atoms. The van der Waals surface area contributed by atoms with Crippen molar-refractivity contribution in [2.45, 2.75) is 13.8 Å². The van der Waals surface area contributed by atoms with Crippen LogP contribution in [0.5, 0.6) is 0 Å². The fraction of sp³-hybridized carbons (Fsp3) is 0.600. The first-order valence-electron chi connectivity index (χ1n) is 2.25. The quantitative estimate of drug-likeness (QED) is 0.391. The van der Waals surface area contributed by atoms with Crippen LogP contribution in [0.25, 0.3) is 0 Å². The second kappa shape index (κ2) is 3.65. The summed E-state index contributed by atoms with van der Waals surface area (Å²) in [6.07, 6.45) is 0. The molecule has 3 heteroatoms. The van der Waals surface area contributed by atoms with Gasteiger partial charge in [-0.3, -0.25) is 4.55 Å². The Labute approximate surface area is 51.6 Å². The van der Waals surface area contributed by atoms with E-state index in [4.69, 9.17) is 4.55 Å². The fourth-order valence-electron chi connectivity index (χ4n) is 0.168. The van der Waals surface area contributed by atoms with Crippen molar-refractivity contribution in [2.24, 2.45) is 5.92 Å². The molecule has 0 aromatic rings. The standard InChI is InChI=1S/C5H8O2S/c1-5(2)3-4-8(6)7/h5H,1-2H3,(H,6,7). The minimum atomic E-state index is -1.95. The molecule has 1 N–H and O–H groups in total. The van der Waals surface area contributed by atoms with E-state index >= 15 is 0 Å². The number of hydrogen-bond acceptors (Lipinski definition) is 1. The lowest BCUT2D eigenvalue weighted by Gasteiger charge is -1.83. The molecule has 0 heterocycles. The molecule has 0 spiro atoms. The Kier molecular flexibility index (Phi) is 3.49. The van der Waals surface area contributed by atoms with E-state index in [1.165, 1.54) is 0 Å². The predicted molar refractivity (Wildman–Crippen MR) is 33.4 cm³/mol. The van der Waals surface area contributed by atoms with Crippen LogP contribution in [0.3, 0.4) is 0 Å². The molecular formula is C5H8O2S. The van der Waals surface area contributed by atoms with Crippen molar-refractivity contribution in [1.29, 1.82) is 0 Å². The van der Waals surface area contributed by atoms with E-state index in [2.05, 4.69) is 11.2 Å². The van der Waals surface area contributed by atoms with E-state index in [1.807, 2.05) is 13.8 Å². The van der Waals surface area contributed by atoms with Crippen molar-refractivity contribution in [1.82, 2.24) is 0 Å². The highest BCUT2D eigenvalue weighted by Gasteiger charge is 1.82. The zero-order chi connectivity index (χ0) is 6.57. The van der Waals surface area contributed by atoms with Crippen molar-refractivity contribution in [3.63, 3.8) is 0 Å². The highest BCUT2D eigenvalue weighted by atomic mass is 32.2. The first kappa shape index (κ1) is 7.67. The summed E-state index contributed by atoms with van der Waals surface area (Å²) in [5, 5.41) is 2.12. The van der Waals surface area contributed by atoms with Gasteiger partial charge in [-0.2, -0.15) is 0 Å². The van der Waals surface area contributed by atoms with Crippen molar-refractivity contribution in [3.8, 4) is 11.2 Å². The zero-order valence-corrected chi connectivity index (χ0v) is 5.66. The third kappa shape index (κ3) is 5.67. The summed E-state index contributed by atoms with van der Waals surface area (Å²) in [5.74, 6) is 2.72. The van der Waals surface area contributed by atoms with Crippen molar-refractivity contribution in [3.05, 3.63) is 0 Å². The van der Waals surface area contributed by atoms with Crippen LogP contribution in [0.1, 0.15) is 13.8 Å². The average molecular weight is 132 g/mol. The van der Waals surface area contributed by atoms with Crippen molar-refractivity contribution >= 4 is 11.1 Å². The van der Waals surface area contributed by atoms with E-state index in [0.29, 0.717) is 0 Å². The van der Waals surface area contributed by atoms with Gasteiger partial charge in [0.1, 0.15) is 0 Å². The summed E-state index contributed by atoms with van der Waals surface area (Å²) >= 11 is -1.95. The van der Waals surface area contributed by atoms with Gasteiger partial charge in [0.15, 0.2) is 0 Å². The normalized spacial score (nSPS) is 12.5. The lowest BCUT2D eigenvalue weighted by atomic mass is 10.2. The summed E-state index contributed by atoms with van der Waals surface area (Å²) in [6.45, 7) is 3.72. The van der Waals surface area contributed by atoms with Crippen LogP contribution in [-0.2, 0) is 11.1 Å². The van der Waals surface area contributed by atoms with Crippen molar-refractivity contribution < 1.29 is 8.76 Å². The Balaban J connectivity index is 3.68. The average Bonchev–Trinajstić information content (AvgIpc) is 1.61. The number of rotatable bonds is 0. The van der Waals surface area contributed by atoms with Gasteiger partial charge in [-0.25, -0.2) is 4.21 Å². The van der Waals surface area contributed by atoms with Crippen molar-refractivity contribution in [2.75, 3.05) is 0 Å². The molecule has 0 aliphatic rings. The van der Waals surface area contributed by atoms with Crippen LogP contribution in [0.4, 0.5) is 0 Å². The van der Waals surface area contributed by atoms with Gasteiger partial charge in [0.05, 0.1) is 0 Å². The van der Waals surface area contributed by atoms with E-state index in [9.17, 15) is 4.21 Å². The molecule has 1 atom stereocenters. The first-order chi connectivity index (χ1) is 3.63. The molecule has 1 unspecified atom stereocenters. The summed E-state index contributed by atoms with van der Waals surface area (Å²) in [6, 6.07) is 0. The van der Waals surface area contributed by atoms with Gasteiger partial charge < -0.3 is 0 Å². The molecule has 0 saturated carbocycles. The molecule has 0 saturated heterocycles. The summed E-state index contributed by atoms with van der Waals surface area (Å²) in [7, 11) is 0. The molecule has 0 rings (SSSR count). The summed E-state index contributed by atoms with van der Waals surface area (Å²) < 4.78 is 17.9. The topological polar surface area (TPSA) is 37.3 Å².